The van der Waals surface area contributed by atoms with Gasteiger partial charge < -0.3 is 9.64 Å². The third kappa shape index (κ3) is 4.37. The van der Waals surface area contributed by atoms with Gasteiger partial charge in [0.25, 0.3) is 11.8 Å². The largest absolute Gasteiger partial charge is 0.485 e. The summed E-state index contributed by atoms with van der Waals surface area (Å²) in [4.78, 5) is 45.2. The van der Waals surface area contributed by atoms with E-state index < -0.39 is 24.3 Å². The van der Waals surface area contributed by atoms with Gasteiger partial charge in [-0.15, -0.1) is 0 Å². The molecule has 3 amide bonds. The predicted octanol–water partition coefficient (Wildman–Crippen LogP) is 5.55. The number of rotatable bonds is 6. The number of hydrogen-bond acceptors (Lipinski definition) is 5. The van der Waals surface area contributed by atoms with Gasteiger partial charge in [0.15, 0.2) is 11.4 Å². The fourth-order valence-electron chi connectivity index (χ4n) is 4.12. The number of nitrogens with zero attached hydrogens (tertiary/aromatic N) is 4. The maximum absolute atomic E-state index is 13.1. The van der Waals surface area contributed by atoms with Crippen LogP contribution in [0.1, 0.15) is 32.0 Å². The average molecular weight is 602 g/mol. The van der Waals surface area contributed by atoms with Crippen molar-refractivity contribution in [2.45, 2.75) is 13.5 Å². The van der Waals surface area contributed by atoms with Crippen molar-refractivity contribution in [3.05, 3.63) is 91.8 Å². The van der Waals surface area contributed by atoms with Crippen molar-refractivity contribution in [2.75, 3.05) is 18.5 Å². The number of benzene rings is 2. The third-order valence-corrected chi connectivity index (χ3v) is 7.89. The molecule has 0 radical (unpaired) electrons. The molecule has 3 heterocycles. The van der Waals surface area contributed by atoms with Crippen LogP contribution in [0.2, 0.25) is 10.0 Å². The number of hydrogen-bond donors (Lipinski definition) is 0. The molecular weight excluding hydrogens is 583 g/mol. The molecule has 0 aliphatic carbocycles. The summed E-state index contributed by atoms with van der Waals surface area (Å²) in [7, 11) is 1.52. The summed E-state index contributed by atoms with van der Waals surface area (Å²) in [6, 6.07) is 13.3. The normalized spacial score (nSPS) is 12.8. The van der Waals surface area contributed by atoms with E-state index in [9.17, 15) is 14.4 Å². The fourth-order valence-corrected chi connectivity index (χ4v) is 5.11. The molecule has 4 aromatic rings. The first kappa shape index (κ1) is 25.3. The summed E-state index contributed by atoms with van der Waals surface area (Å²) in [5.74, 6) is -0.973. The second kappa shape index (κ2) is 9.81. The first-order valence-corrected chi connectivity index (χ1v) is 12.7. The topological polar surface area (TPSA) is 84.2 Å². The van der Waals surface area contributed by atoms with Gasteiger partial charge in [-0.2, -0.15) is 0 Å². The Hall–Kier alpha value is -3.40. The second-order valence-corrected chi connectivity index (χ2v) is 9.93. The van der Waals surface area contributed by atoms with Gasteiger partial charge >= 0.3 is 0 Å². The summed E-state index contributed by atoms with van der Waals surface area (Å²) in [5, 5.41) is 0.584. The van der Waals surface area contributed by atoms with Crippen LogP contribution in [-0.4, -0.2) is 45.6 Å². The molecule has 1 aliphatic rings. The monoisotopic (exact) mass is 600 g/mol. The number of fused-ring (bicyclic) bond motifs is 2. The zero-order valence-electron chi connectivity index (χ0n) is 19.7. The number of aromatic nitrogens is 2. The van der Waals surface area contributed by atoms with E-state index in [4.69, 9.17) is 27.9 Å². The summed E-state index contributed by atoms with van der Waals surface area (Å²) in [6.45, 7) is 1.48. The number of amides is 3. The molecule has 8 nitrogen and oxygen atoms in total. The molecule has 188 valence electrons. The van der Waals surface area contributed by atoms with Crippen LogP contribution in [0.3, 0.4) is 0 Å². The molecule has 0 fully saturated rings. The highest BCUT2D eigenvalue weighted by Crippen LogP contribution is 2.35. The minimum Gasteiger partial charge on any atom is -0.485 e. The molecule has 0 unspecified atom stereocenters. The number of carbonyl (C=O) groups excluding carboxylic acids is 3. The van der Waals surface area contributed by atoms with Gasteiger partial charge in [-0.05, 0) is 59.3 Å². The zero-order chi connectivity index (χ0) is 26.4. The van der Waals surface area contributed by atoms with Crippen molar-refractivity contribution in [2.24, 2.45) is 0 Å². The number of likely N-dealkylation sites (N-methyl/N-ethyl adjacent to an activating group) is 1. The van der Waals surface area contributed by atoms with Crippen molar-refractivity contribution < 1.29 is 19.1 Å². The van der Waals surface area contributed by atoms with E-state index in [-0.39, 0.29) is 22.8 Å². The molecule has 1 aliphatic heterocycles. The van der Waals surface area contributed by atoms with Gasteiger partial charge in [-0.1, -0.05) is 35.3 Å². The summed E-state index contributed by atoms with van der Waals surface area (Å²) in [6.07, 6.45) is 1.86. The second-order valence-electron chi connectivity index (χ2n) is 8.40. The Bertz CT molecular complexity index is 1570. The lowest BCUT2D eigenvalue weighted by Crippen LogP contribution is -2.41. The van der Waals surface area contributed by atoms with Crippen LogP contribution in [0.4, 0.5) is 5.69 Å². The number of ether oxygens (including phenoxy) is 1. The Balaban J connectivity index is 1.36. The lowest BCUT2D eigenvalue weighted by Gasteiger charge is -2.23. The third-order valence-electron chi connectivity index (χ3n) is 6.16. The number of imidazole rings is 1. The van der Waals surface area contributed by atoms with Gasteiger partial charge in [0.05, 0.1) is 27.5 Å². The van der Waals surface area contributed by atoms with Crippen LogP contribution in [0.25, 0.3) is 5.65 Å². The van der Waals surface area contributed by atoms with Gasteiger partial charge in [0, 0.05) is 23.8 Å². The summed E-state index contributed by atoms with van der Waals surface area (Å²) in [5.41, 5.74) is 2.84. The van der Waals surface area contributed by atoms with E-state index in [0.717, 1.165) is 15.2 Å². The summed E-state index contributed by atoms with van der Waals surface area (Å²) >= 11 is 16.6. The molecule has 5 rings (SSSR count). The highest BCUT2D eigenvalue weighted by molar-refractivity contribution is 9.10. The van der Waals surface area contributed by atoms with Crippen LogP contribution in [-0.2, 0) is 11.4 Å². The van der Waals surface area contributed by atoms with E-state index in [1.165, 1.54) is 11.9 Å². The van der Waals surface area contributed by atoms with Crippen molar-refractivity contribution in [3.8, 4) is 5.75 Å². The molecule has 37 heavy (non-hydrogen) atoms. The predicted molar refractivity (Wildman–Crippen MR) is 144 cm³/mol. The van der Waals surface area contributed by atoms with Gasteiger partial charge in [0.1, 0.15) is 17.8 Å². The maximum Gasteiger partial charge on any atom is 0.262 e. The highest BCUT2D eigenvalue weighted by Gasteiger charge is 2.37. The number of aryl methyl sites for hydroxylation is 1. The van der Waals surface area contributed by atoms with E-state index in [2.05, 4.69) is 20.9 Å². The molecule has 2 aromatic heterocycles. The lowest BCUT2D eigenvalue weighted by molar-refractivity contribution is -0.118. The Kier molecular flexibility index (Phi) is 6.70. The lowest BCUT2D eigenvalue weighted by atomic mass is 10.1. The first-order valence-electron chi connectivity index (χ1n) is 11.1. The highest BCUT2D eigenvalue weighted by atomic mass is 79.9. The Labute approximate surface area is 230 Å². The van der Waals surface area contributed by atoms with Crippen LogP contribution in [0.15, 0.2) is 59.3 Å². The van der Waals surface area contributed by atoms with Crippen molar-refractivity contribution in [3.63, 3.8) is 0 Å². The molecule has 0 saturated heterocycles. The molecule has 0 atom stereocenters. The van der Waals surface area contributed by atoms with E-state index in [0.29, 0.717) is 27.7 Å². The van der Waals surface area contributed by atoms with Crippen molar-refractivity contribution >= 4 is 68.2 Å². The van der Waals surface area contributed by atoms with Gasteiger partial charge in [-0.25, -0.2) is 4.98 Å². The minimum absolute atomic E-state index is 0.0230. The maximum atomic E-state index is 13.1. The van der Waals surface area contributed by atoms with Gasteiger partial charge in [-0.3, -0.25) is 23.7 Å². The van der Waals surface area contributed by atoms with E-state index in [1.54, 1.807) is 42.5 Å². The Morgan fingerprint density at radius 2 is 1.73 bits per heavy atom. The van der Waals surface area contributed by atoms with E-state index >= 15 is 0 Å². The number of imide groups is 1. The number of carbonyl (C=O) groups is 3. The van der Waals surface area contributed by atoms with Gasteiger partial charge in [0.2, 0.25) is 5.91 Å². The molecule has 11 heteroatoms. The molecule has 2 aromatic carbocycles. The average Bonchev–Trinajstić information content (AvgIpc) is 3.31. The van der Waals surface area contributed by atoms with Crippen LogP contribution >= 0.6 is 39.1 Å². The Morgan fingerprint density at radius 1 is 1.05 bits per heavy atom. The standard InChI is InChI=1S/C26H19BrCl2N4O4/c1-14-23(27)32-11-5-8-20(24(32)30-14)37-13-17-18(28)9-10-19(22(17)29)31(2)21(34)12-33-25(35)15-6-3-4-7-16(15)26(33)36/h3-11H,12-13H2,1-2H3. The Morgan fingerprint density at radius 3 is 2.41 bits per heavy atom. The first-order chi connectivity index (χ1) is 17.7. The van der Waals surface area contributed by atoms with Crippen LogP contribution < -0.4 is 9.64 Å². The fraction of sp³-hybridized carbons (Fsp3) is 0.154. The number of halogens is 3. The van der Waals surface area contributed by atoms with Crippen molar-refractivity contribution in [1.82, 2.24) is 14.3 Å². The smallest absolute Gasteiger partial charge is 0.262 e. The molecule has 0 spiro atoms. The summed E-state index contributed by atoms with van der Waals surface area (Å²) < 4.78 is 8.71. The van der Waals surface area contributed by atoms with Crippen LogP contribution in [0.5, 0.6) is 5.75 Å². The van der Waals surface area contributed by atoms with Crippen LogP contribution in [0, 0.1) is 6.92 Å². The minimum atomic E-state index is -0.506. The molecule has 0 saturated carbocycles. The zero-order valence-corrected chi connectivity index (χ0v) is 22.8. The molecule has 0 bridgehead atoms. The molecule has 0 N–H and O–H groups in total. The molecular formula is C26H19BrCl2N4O4. The van der Waals surface area contributed by atoms with Crippen molar-refractivity contribution in [1.29, 1.82) is 0 Å². The SMILES string of the molecule is Cc1nc2c(OCc3c(Cl)ccc(N(C)C(=O)CN4C(=O)c5ccccc5C4=O)c3Cl)cccn2c1Br. The van der Waals surface area contributed by atoms with E-state index in [1.807, 2.05) is 23.6 Å². The quantitative estimate of drug-likeness (QED) is 0.271. The number of anilines is 1. The number of pyridine rings is 1.